The van der Waals surface area contributed by atoms with E-state index in [1.54, 1.807) is 18.3 Å². The zero-order chi connectivity index (χ0) is 19.5. The van der Waals surface area contributed by atoms with E-state index in [-0.39, 0.29) is 6.54 Å². The van der Waals surface area contributed by atoms with E-state index in [4.69, 9.17) is 16.3 Å². The molecule has 0 amide bonds. The van der Waals surface area contributed by atoms with Gasteiger partial charge in [0.05, 0.1) is 16.7 Å². The number of benzene rings is 2. The van der Waals surface area contributed by atoms with Crippen LogP contribution in [-0.2, 0) is 13.6 Å². The highest BCUT2D eigenvalue weighted by atomic mass is 35.5. The average Bonchev–Trinajstić information content (AvgIpc) is 2.99. The number of anilines is 2. The number of hydrogen-bond donors (Lipinski definition) is 1. The van der Waals surface area contributed by atoms with Crippen LogP contribution in [0.15, 0.2) is 66.0 Å². The van der Waals surface area contributed by atoms with E-state index in [1.165, 1.54) is 0 Å². The van der Waals surface area contributed by atoms with Gasteiger partial charge in [0, 0.05) is 36.1 Å². The molecule has 140 valence electrons. The first kappa shape index (κ1) is 17.9. The number of imidazole rings is 1. The summed E-state index contributed by atoms with van der Waals surface area (Å²) in [4.78, 5) is 19.1. The molecule has 0 aliphatic rings. The van der Waals surface area contributed by atoms with Crippen molar-refractivity contribution in [2.45, 2.75) is 6.54 Å². The lowest BCUT2D eigenvalue weighted by molar-refractivity contribution is 0.481. The van der Waals surface area contributed by atoms with Crippen molar-refractivity contribution in [2.75, 3.05) is 5.32 Å². The highest BCUT2D eigenvalue weighted by Gasteiger charge is 2.10. The summed E-state index contributed by atoms with van der Waals surface area (Å²) in [5.41, 5.74) is 3.21. The molecule has 1 N–H and O–H groups in total. The first-order valence-electron chi connectivity index (χ1n) is 8.53. The lowest BCUT2D eigenvalue weighted by Crippen LogP contribution is -1.98. The molecule has 4 aromatic rings. The molecule has 0 atom stereocenters. The van der Waals surface area contributed by atoms with Crippen LogP contribution in [0.5, 0.6) is 11.5 Å². The minimum absolute atomic E-state index is 0.0101. The van der Waals surface area contributed by atoms with Crippen molar-refractivity contribution in [3.8, 4) is 11.5 Å². The molecule has 0 saturated carbocycles. The van der Waals surface area contributed by atoms with Gasteiger partial charge in [-0.2, -0.15) is 4.91 Å². The van der Waals surface area contributed by atoms with E-state index >= 15 is 0 Å². The summed E-state index contributed by atoms with van der Waals surface area (Å²) in [5, 5.41) is 6.82. The molecule has 7 nitrogen and oxygen atoms in total. The molecule has 2 heterocycles. The number of hydrogen-bond acceptors (Lipinski definition) is 6. The van der Waals surface area contributed by atoms with Gasteiger partial charge in [-0.05, 0) is 42.5 Å². The van der Waals surface area contributed by atoms with Gasteiger partial charge in [-0.15, -0.1) is 0 Å². The molecule has 8 heteroatoms. The Bertz CT molecular complexity index is 1140. The molecule has 2 aromatic carbocycles. The van der Waals surface area contributed by atoms with Gasteiger partial charge in [0.2, 0.25) is 5.95 Å². The van der Waals surface area contributed by atoms with Crippen LogP contribution in [0.3, 0.4) is 0 Å². The van der Waals surface area contributed by atoms with Gasteiger partial charge in [0.15, 0.2) is 0 Å². The second-order valence-corrected chi connectivity index (χ2v) is 6.59. The van der Waals surface area contributed by atoms with Gasteiger partial charge in [0.25, 0.3) is 0 Å². The topological polar surface area (TPSA) is 81.4 Å². The molecule has 2 aromatic heterocycles. The second kappa shape index (κ2) is 7.66. The third-order valence-electron chi connectivity index (χ3n) is 4.20. The van der Waals surface area contributed by atoms with Crippen LogP contribution in [0.4, 0.5) is 11.6 Å². The summed E-state index contributed by atoms with van der Waals surface area (Å²) in [6, 6.07) is 16.5. The number of ether oxygens (including phenoxy) is 1. The maximum absolute atomic E-state index is 10.4. The van der Waals surface area contributed by atoms with Crippen molar-refractivity contribution < 1.29 is 4.74 Å². The Morgan fingerprint density at radius 3 is 2.68 bits per heavy atom. The number of aromatic nitrogens is 3. The SMILES string of the molecule is Cn1c(Nc2ccc(Cl)cc2)nc2cc(Oc3ccnc(CN=O)c3)ccc21. The van der Waals surface area contributed by atoms with Crippen molar-refractivity contribution >= 4 is 34.3 Å². The Balaban J connectivity index is 1.59. The van der Waals surface area contributed by atoms with E-state index in [0.717, 1.165) is 16.7 Å². The maximum Gasteiger partial charge on any atom is 0.208 e. The van der Waals surface area contributed by atoms with Crippen LogP contribution in [0.2, 0.25) is 5.02 Å². The zero-order valence-electron chi connectivity index (χ0n) is 15.0. The highest BCUT2D eigenvalue weighted by molar-refractivity contribution is 6.30. The molecule has 0 aliphatic heterocycles. The zero-order valence-corrected chi connectivity index (χ0v) is 15.7. The fourth-order valence-electron chi connectivity index (χ4n) is 2.83. The second-order valence-electron chi connectivity index (χ2n) is 6.15. The van der Waals surface area contributed by atoms with E-state index in [9.17, 15) is 4.91 Å². The largest absolute Gasteiger partial charge is 0.457 e. The number of nitroso groups, excluding NO2 is 1. The quantitative estimate of drug-likeness (QED) is 0.442. The van der Waals surface area contributed by atoms with Crippen LogP contribution in [0.1, 0.15) is 5.69 Å². The highest BCUT2D eigenvalue weighted by Crippen LogP contribution is 2.28. The Labute approximate surface area is 165 Å². The van der Waals surface area contributed by atoms with Crippen molar-refractivity contribution in [1.29, 1.82) is 0 Å². The first-order valence-corrected chi connectivity index (χ1v) is 8.91. The van der Waals surface area contributed by atoms with Crippen molar-refractivity contribution in [3.05, 3.63) is 76.4 Å². The summed E-state index contributed by atoms with van der Waals surface area (Å²) in [5.74, 6) is 1.93. The lowest BCUT2D eigenvalue weighted by Gasteiger charge is -2.07. The smallest absolute Gasteiger partial charge is 0.208 e. The number of nitrogens with zero attached hydrogens (tertiary/aromatic N) is 4. The van der Waals surface area contributed by atoms with Gasteiger partial charge in [-0.1, -0.05) is 16.8 Å². The van der Waals surface area contributed by atoms with E-state index in [1.807, 2.05) is 54.1 Å². The van der Waals surface area contributed by atoms with E-state index in [2.05, 4.69) is 20.5 Å². The van der Waals surface area contributed by atoms with E-state index in [0.29, 0.717) is 28.2 Å². The fraction of sp³-hybridized carbons (Fsp3) is 0.100. The van der Waals surface area contributed by atoms with Gasteiger partial charge in [-0.25, -0.2) is 4.98 Å². The maximum atomic E-state index is 10.4. The first-order chi connectivity index (χ1) is 13.6. The molecule has 0 saturated heterocycles. The molecule has 0 unspecified atom stereocenters. The third-order valence-corrected chi connectivity index (χ3v) is 4.45. The summed E-state index contributed by atoms with van der Waals surface area (Å²) < 4.78 is 7.85. The summed E-state index contributed by atoms with van der Waals surface area (Å²) in [6.07, 6.45) is 1.59. The van der Waals surface area contributed by atoms with Gasteiger partial charge in [-0.3, -0.25) is 4.98 Å². The minimum Gasteiger partial charge on any atom is -0.457 e. The lowest BCUT2D eigenvalue weighted by atomic mass is 10.3. The Hall–Kier alpha value is -3.45. The van der Waals surface area contributed by atoms with Crippen LogP contribution in [0.25, 0.3) is 11.0 Å². The molecule has 4 rings (SSSR count). The fourth-order valence-corrected chi connectivity index (χ4v) is 2.95. The van der Waals surface area contributed by atoms with E-state index < -0.39 is 0 Å². The monoisotopic (exact) mass is 393 g/mol. The number of nitrogens with one attached hydrogen (secondary N) is 1. The predicted molar refractivity (Wildman–Crippen MR) is 109 cm³/mol. The van der Waals surface area contributed by atoms with Crippen LogP contribution in [0, 0.1) is 4.91 Å². The molecule has 0 radical (unpaired) electrons. The molecule has 0 spiro atoms. The number of rotatable bonds is 6. The average molecular weight is 394 g/mol. The minimum atomic E-state index is 0.0101. The third kappa shape index (κ3) is 3.79. The molecule has 0 bridgehead atoms. The number of aryl methyl sites for hydroxylation is 1. The normalized spacial score (nSPS) is 10.8. The molecule has 0 fully saturated rings. The van der Waals surface area contributed by atoms with Gasteiger partial charge >= 0.3 is 0 Å². The number of halogens is 1. The summed E-state index contributed by atoms with van der Waals surface area (Å²) in [6.45, 7) is 0.0101. The van der Waals surface area contributed by atoms with Gasteiger partial charge < -0.3 is 14.6 Å². The van der Waals surface area contributed by atoms with Crippen molar-refractivity contribution in [1.82, 2.24) is 14.5 Å². The van der Waals surface area contributed by atoms with Crippen molar-refractivity contribution in [2.24, 2.45) is 12.2 Å². The molecular weight excluding hydrogens is 378 g/mol. The number of fused-ring (bicyclic) bond motifs is 1. The van der Waals surface area contributed by atoms with Crippen LogP contribution >= 0.6 is 11.6 Å². The Morgan fingerprint density at radius 1 is 1.11 bits per heavy atom. The van der Waals surface area contributed by atoms with Crippen LogP contribution < -0.4 is 10.1 Å². The Morgan fingerprint density at radius 2 is 1.89 bits per heavy atom. The van der Waals surface area contributed by atoms with Crippen molar-refractivity contribution in [3.63, 3.8) is 0 Å². The predicted octanol–water partition coefficient (Wildman–Crippen LogP) is 5.42. The molecule has 28 heavy (non-hydrogen) atoms. The molecule has 0 aliphatic carbocycles. The molecular formula is C20H16ClN5O2. The van der Waals surface area contributed by atoms with Gasteiger partial charge in [0.1, 0.15) is 18.0 Å². The summed E-state index contributed by atoms with van der Waals surface area (Å²) in [7, 11) is 1.94. The Kier molecular flexibility index (Phi) is 4.90. The standard InChI is InChI=1S/C20H16ClN5O2/c1-26-19-7-6-16(28-17-8-9-22-15(10-17)12-23-27)11-18(19)25-20(26)24-14-4-2-13(21)3-5-14/h2-11H,12H2,1H3,(H,24,25). The summed E-state index contributed by atoms with van der Waals surface area (Å²) >= 11 is 5.93. The van der Waals surface area contributed by atoms with Crippen LogP contribution in [-0.4, -0.2) is 14.5 Å². The number of pyridine rings is 1.